The van der Waals surface area contributed by atoms with Crippen LogP contribution in [0.25, 0.3) is 0 Å². The highest BCUT2D eigenvalue weighted by atomic mass is 32.2. The molecule has 0 heterocycles. The van der Waals surface area contributed by atoms with E-state index in [2.05, 4.69) is 10.0 Å². The lowest BCUT2D eigenvalue weighted by Gasteiger charge is -2.11. The summed E-state index contributed by atoms with van der Waals surface area (Å²) in [6.45, 7) is 2.37. The van der Waals surface area contributed by atoms with Gasteiger partial charge in [-0.2, -0.15) is 0 Å². The van der Waals surface area contributed by atoms with Gasteiger partial charge in [-0.1, -0.05) is 42.0 Å². The summed E-state index contributed by atoms with van der Waals surface area (Å²) in [5.74, 6) is -0.326. The lowest BCUT2D eigenvalue weighted by molar-refractivity contribution is 0.0952. The number of hydrogen-bond donors (Lipinski definition) is 2. The number of carbonyl (C=O) groups is 1. The molecule has 0 saturated heterocycles. The van der Waals surface area contributed by atoms with E-state index in [1.165, 1.54) is 0 Å². The van der Waals surface area contributed by atoms with Gasteiger partial charge in [-0.3, -0.25) is 9.52 Å². The Labute approximate surface area is 130 Å². The fourth-order valence-corrected chi connectivity index (χ4v) is 2.65. The average molecular weight is 318 g/mol. The SMILES string of the molecule is Cc1cccc(CNC(=O)c2ccccc2NS(C)(=O)=O)c1. The van der Waals surface area contributed by atoms with Crippen molar-refractivity contribution in [1.29, 1.82) is 0 Å². The second-order valence-corrected chi connectivity index (χ2v) is 6.84. The predicted octanol–water partition coefficient (Wildman–Crippen LogP) is 2.30. The van der Waals surface area contributed by atoms with Gasteiger partial charge < -0.3 is 5.32 Å². The van der Waals surface area contributed by atoms with Crippen molar-refractivity contribution < 1.29 is 13.2 Å². The molecule has 5 nitrogen and oxygen atoms in total. The minimum atomic E-state index is -3.44. The van der Waals surface area contributed by atoms with Crippen molar-refractivity contribution in [3.8, 4) is 0 Å². The Kier molecular flexibility index (Phi) is 4.82. The van der Waals surface area contributed by atoms with Crippen LogP contribution >= 0.6 is 0 Å². The van der Waals surface area contributed by atoms with Crippen LogP contribution in [0.5, 0.6) is 0 Å². The molecule has 0 aliphatic heterocycles. The number of carbonyl (C=O) groups excluding carboxylic acids is 1. The molecule has 22 heavy (non-hydrogen) atoms. The standard InChI is InChI=1S/C16H18N2O3S/c1-12-6-5-7-13(10-12)11-17-16(19)14-8-3-4-9-15(14)18-22(2,20)21/h3-10,18H,11H2,1-2H3,(H,17,19). The highest BCUT2D eigenvalue weighted by Crippen LogP contribution is 2.16. The third-order valence-corrected chi connectivity index (χ3v) is 3.59. The summed E-state index contributed by atoms with van der Waals surface area (Å²) in [5.41, 5.74) is 2.67. The van der Waals surface area contributed by atoms with Crippen molar-refractivity contribution in [3.05, 3.63) is 65.2 Å². The zero-order chi connectivity index (χ0) is 16.2. The Hall–Kier alpha value is -2.34. The summed E-state index contributed by atoms with van der Waals surface area (Å²) in [6, 6.07) is 14.3. The third-order valence-electron chi connectivity index (χ3n) is 3.00. The molecule has 116 valence electrons. The molecule has 2 N–H and O–H groups in total. The Bertz CT molecular complexity index is 785. The largest absolute Gasteiger partial charge is 0.348 e. The Morgan fingerprint density at radius 3 is 2.50 bits per heavy atom. The molecule has 0 aliphatic rings. The summed E-state index contributed by atoms with van der Waals surface area (Å²) in [6.07, 6.45) is 1.05. The molecule has 0 aliphatic carbocycles. The van der Waals surface area contributed by atoms with Gasteiger partial charge >= 0.3 is 0 Å². The molecule has 0 saturated carbocycles. The summed E-state index contributed by atoms with van der Waals surface area (Å²) < 4.78 is 25.0. The number of benzene rings is 2. The van der Waals surface area contributed by atoms with Gasteiger partial charge in [0.2, 0.25) is 10.0 Å². The molecular formula is C16H18N2O3S. The van der Waals surface area contributed by atoms with Crippen LogP contribution in [0.1, 0.15) is 21.5 Å². The van der Waals surface area contributed by atoms with Crippen molar-refractivity contribution in [2.24, 2.45) is 0 Å². The predicted molar refractivity (Wildman–Crippen MR) is 87.3 cm³/mol. The number of hydrogen-bond acceptors (Lipinski definition) is 3. The van der Waals surface area contributed by atoms with Crippen LogP contribution in [0.15, 0.2) is 48.5 Å². The van der Waals surface area contributed by atoms with Crippen LogP contribution in [0.3, 0.4) is 0 Å². The van der Waals surface area contributed by atoms with Gasteiger partial charge in [-0.05, 0) is 24.6 Å². The second kappa shape index (κ2) is 6.62. The number of amides is 1. The zero-order valence-electron chi connectivity index (χ0n) is 12.5. The maximum atomic E-state index is 12.3. The maximum Gasteiger partial charge on any atom is 0.253 e. The molecule has 1 amide bonds. The molecule has 0 bridgehead atoms. The van der Waals surface area contributed by atoms with E-state index in [0.717, 1.165) is 17.4 Å². The summed E-state index contributed by atoms with van der Waals surface area (Å²) >= 11 is 0. The van der Waals surface area contributed by atoms with Crippen LogP contribution in [0.4, 0.5) is 5.69 Å². The van der Waals surface area contributed by atoms with E-state index in [0.29, 0.717) is 12.1 Å². The minimum absolute atomic E-state index is 0.270. The normalized spacial score (nSPS) is 11.0. The van der Waals surface area contributed by atoms with E-state index in [1.54, 1.807) is 24.3 Å². The number of anilines is 1. The van der Waals surface area contributed by atoms with Gasteiger partial charge in [0.15, 0.2) is 0 Å². The van der Waals surface area contributed by atoms with E-state index in [4.69, 9.17) is 0 Å². The molecular weight excluding hydrogens is 300 g/mol. The number of nitrogens with one attached hydrogen (secondary N) is 2. The fraction of sp³-hybridized carbons (Fsp3) is 0.188. The van der Waals surface area contributed by atoms with Gasteiger partial charge in [-0.15, -0.1) is 0 Å². The van der Waals surface area contributed by atoms with Crippen molar-refractivity contribution in [3.63, 3.8) is 0 Å². The second-order valence-electron chi connectivity index (χ2n) is 5.09. The third kappa shape index (κ3) is 4.60. The number of sulfonamides is 1. The van der Waals surface area contributed by atoms with Crippen LogP contribution in [-0.2, 0) is 16.6 Å². The highest BCUT2D eigenvalue weighted by Gasteiger charge is 2.13. The van der Waals surface area contributed by atoms with Gasteiger partial charge in [0.1, 0.15) is 0 Å². The van der Waals surface area contributed by atoms with Gasteiger partial charge in [0, 0.05) is 6.54 Å². The van der Waals surface area contributed by atoms with Crippen LogP contribution in [0.2, 0.25) is 0 Å². The molecule has 2 rings (SSSR count). The summed E-state index contributed by atoms with van der Waals surface area (Å²) in [7, 11) is -3.44. The van der Waals surface area contributed by atoms with Crippen molar-refractivity contribution in [1.82, 2.24) is 5.32 Å². The van der Waals surface area contributed by atoms with E-state index < -0.39 is 10.0 Å². The summed E-state index contributed by atoms with van der Waals surface area (Å²) in [5, 5.41) is 2.79. The zero-order valence-corrected chi connectivity index (χ0v) is 13.3. The minimum Gasteiger partial charge on any atom is -0.348 e. The van der Waals surface area contributed by atoms with Crippen molar-refractivity contribution in [2.75, 3.05) is 11.0 Å². The smallest absolute Gasteiger partial charge is 0.253 e. The average Bonchev–Trinajstić information content (AvgIpc) is 2.44. The topological polar surface area (TPSA) is 75.3 Å². The van der Waals surface area contributed by atoms with Crippen molar-refractivity contribution in [2.45, 2.75) is 13.5 Å². The maximum absolute atomic E-state index is 12.3. The van der Waals surface area contributed by atoms with Crippen molar-refractivity contribution >= 4 is 21.6 Å². The van der Waals surface area contributed by atoms with Crippen LogP contribution < -0.4 is 10.0 Å². The van der Waals surface area contributed by atoms with Gasteiger partial charge in [0.05, 0.1) is 17.5 Å². The molecule has 0 fully saturated rings. The summed E-state index contributed by atoms with van der Waals surface area (Å²) in [4.78, 5) is 12.3. The van der Waals surface area contributed by atoms with Gasteiger partial charge in [-0.25, -0.2) is 8.42 Å². The monoisotopic (exact) mass is 318 g/mol. The highest BCUT2D eigenvalue weighted by molar-refractivity contribution is 7.92. The molecule has 0 unspecified atom stereocenters. The quantitative estimate of drug-likeness (QED) is 0.888. The molecule has 0 aromatic heterocycles. The van der Waals surface area contributed by atoms with Crippen LogP contribution in [0, 0.1) is 6.92 Å². The molecule has 0 atom stereocenters. The first-order valence-corrected chi connectivity index (χ1v) is 8.65. The Morgan fingerprint density at radius 1 is 1.09 bits per heavy atom. The Morgan fingerprint density at radius 2 is 1.82 bits per heavy atom. The molecule has 2 aromatic carbocycles. The fourth-order valence-electron chi connectivity index (χ4n) is 2.07. The lowest BCUT2D eigenvalue weighted by Crippen LogP contribution is -2.24. The number of rotatable bonds is 5. The molecule has 2 aromatic rings. The molecule has 0 spiro atoms. The first-order chi connectivity index (χ1) is 10.3. The van der Waals surface area contributed by atoms with E-state index >= 15 is 0 Å². The lowest BCUT2D eigenvalue weighted by atomic mass is 10.1. The first-order valence-electron chi connectivity index (χ1n) is 6.76. The number of aryl methyl sites for hydroxylation is 1. The number of para-hydroxylation sites is 1. The van der Waals surface area contributed by atoms with Crippen LogP contribution in [-0.4, -0.2) is 20.6 Å². The Balaban J connectivity index is 2.13. The molecule has 0 radical (unpaired) electrons. The van der Waals surface area contributed by atoms with E-state index in [9.17, 15) is 13.2 Å². The molecule has 6 heteroatoms. The first kappa shape index (κ1) is 16.0. The van der Waals surface area contributed by atoms with Gasteiger partial charge in [0.25, 0.3) is 5.91 Å². The van der Waals surface area contributed by atoms with E-state index in [1.807, 2.05) is 31.2 Å². The van der Waals surface area contributed by atoms with E-state index in [-0.39, 0.29) is 11.6 Å².